The Bertz CT molecular complexity index is 850. The number of carbonyl (C=O) groups is 1. The van der Waals surface area contributed by atoms with Crippen LogP contribution in [0.3, 0.4) is 0 Å². The third-order valence-electron chi connectivity index (χ3n) is 3.91. The molecular weight excluding hydrogens is 320 g/mol. The van der Waals surface area contributed by atoms with E-state index in [-0.39, 0.29) is 5.91 Å². The van der Waals surface area contributed by atoms with Crippen molar-refractivity contribution in [3.8, 4) is 0 Å². The molecule has 0 radical (unpaired) electrons. The zero-order valence-electron chi connectivity index (χ0n) is 14.2. The summed E-state index contributed by atoms with van der Waals surface area (Å²) in [6, 6.07) is 8.34. The summed E-state index contributed by atoms with van der Waals surface area (Å²) in [4.78, 5) is 12.2. The lowest BCUT2D eigenvalue weighted by Crippen LogP contribution is -2.14. The molecule has 0 aliphatic carbocycles. The Kier molecular flexibility index (Phi) is 4.94. The van der Waals surface area contributed by atoms with Crippen LogP contribution in [0, 0.1) is 12.8 Å². The first-order valence-corrected chi connectivity index (χ1v) is 9.01. The maximum atomic E-state index is 12.2. The molecule has 3 rings (SSSR count). The molecule has 0 bridgehead atoms. The minimum atomic E-state index is -0.0308. The van der Waals surface area contributed by atoms with Crippen LogP contribution in [0.4, 0.5) is 5.13 Å². The first kappa shape index (κ1) is 16.6. The Hall–Kier alpha value is -2.21. The number of benzene rings is 1. The standard InChI is InChI=1S/C18H22N4OS/c1-12(2)11-17-20-21-18(24-17)19-16(23)8-10-22-9-7-14-13(3)5-4-6-15(14)22/h4-7,9,12H,8,10-11H2,1-3H3,(H,19,21,23). The quantitative estimate of drug-likeness (QED) is 0.736. The predicted octanol–water partition coefficient (Wildman–Crippen LogP) is 4.03. The highest BCUT2D eigenvalue weighted by Crippen LogP contribution is 2.21. The molecule has 1 N–H and O–H groups in total. The molecule has 24 heavy (non-hydrogen) atoms. The number of nitrogens with one attached hydrogen (secondary N) is 1. The highest BCUT2D eigenvalue weighted by atomic mass is 32.1. The van der Waals surface area contributed by atoms with Gasteiger partial charge in [0, 0.05) is 36.5 Å². The van der Waals surface area contributed by atoms with Crippen LogP contribution in [0.25, 0.3) is 10.9 Å². The minimum absolute atomic E-state index is 0.0308. The number of nitrogens with zero attached hydrogens (tertiary/aromatic N) is 3. The second-order valence-corrected chi connectivity index (χ2v) is 7.48. The van der Waals surface area contributed by atoms with Crippen LogP contribution in [-0.2, 0) is 17.8 Å². The highest BCUT2D eigenvalue weighted by Gasteiger charge is 2.10. The lowest BCUT2D eigenvalue weighted by molar-refractivity contribution is -0.116. The molecule has 1 aromatic carbocycles. The van der Waals surface area contributed by atoms with Gasteiger partial charge in [-0.05, 0) is 30.5 Å². The molecule has 0 aliphatic heterocycles. The van der Waals surface area contributed by atoms with Gasteiger partial charge < -0.3 is 9.88 Å². The van der Waals surface area contributed by atoms with Gasteiger partial charge in [0.2, 0.25) is 11.0 Å². The normalized spacial score (nSPS) is 11.3. The first-order chi connectivity index (χ1) is 11.5. The van der Waals surface area contributed by atoms with Gasteiger partial charge in [-0.1, -0.05) is 37.3 Å². The monoisotopic (exact) mass is 342 g/mol. The van der Waals surface area contributed by atoms with E-state index in [9.17, 15) is 4.79 Å². The van der Waals surface area contributed by atoms with Crippen LogP contribution in [0.2, 0.25) is 0 Å². The van der Waals surface area contributed by atoms with Gasteiger partial charge in [0.05, 0.1) is 0 Å². The van der Waals surface area contributed by atoms with Crippen molar-refractivity contribution in [2.45, 2.75) is 40.2 Å². The maximum Gasteiger partial charge on any atom is 0.227 e. The molecule has 6 heteroatoms. The Morgan fingerprint density at radius 3 is 2.92 bits per heavy atom. The van der Waals surface area contributed by atoms with E-state index in [2.05, 4.69) is 59.1 Å². The van der Waals surface area contributed by atoms with E-state index in [0.29, 0.717) is 24.0 Å². The van der Waals surface area contributed by atoms with E-state index < -0.39 is 0 Å². The predicted molar refractivity (Wildman–Crippen MR) is 98.4 cm³/mol. The van der Waals surface area contributed by atoms with Crippen molar-refractivity contribution in [2.24, 2.45) is 5.92 Å². The molecule has 2 aromatic heterocycles. The molecule has 2 heterocycles. The molecule has 1 amide bonds. The molecular formula is C18H22N4OS. The second-order valence-electron chi connectivity index (χ2n) is 6.41. The summed E-state index contributed by atoms with van der Waals surface area (Å²) >= 11 is 1.46. The zero-order chi connectivity index (χ0) is 17.1. The van der Waals surface area contributed by atoms with Crippen LogP contribution in [0.15, 0.2) is 30.5 Å². The molecule has 3 aromatic rings. The number of hydrogen-bond donors (Lipinski definition) is 1. The minimum Gasteiger partial charge on any atom is -0.347 e. The second kappa shape index (κ2) is 7.13. The topological polar surface area (TPSA) is 59.8 Å². The molecule has 0 spiro atoms. The average molecular weight is 342 g/mol. The largest absolute Gasteiger partial charge is 0.347 e. The summed E-state index contributed by atoms with van der Waals surface area (Å²) in [5, 5.41) is 13.8. The van der Waals surface area contributed by atoms with Crippen LogP contribution in [-0.4, -0.2) is 20.7 Å². The summed E-state index contributed by atoms with van der Waals surface area (Å²) in [5.74, 6) is 0.503. The van der Waals surface area contributed by atoms with E-state index in [1.54, 1.807) is 0 Å². The van der Waals surface area contributed by atoms with Crippen molar-refractivity contribution in [1.82, 2.24) is 14.8 Å². The summed E-state index contributed by atoms with van der Waals surface area (Å²) in [6.45, 7) is 7.03. The zero-order valence-corrected chi connectivity index (χ0v) is 15.1. The van der Waals surface area contributed by atoms with Gasteiger partial charge >= 0.3 is 0 Å². The fourth-order valence-corrected chi connectivity index (χ4v) is 3.68. The third-order valence-corrected chi connectivity index (χ3v) is 4.77. The number of rotatable bonds is 6. The third kappa shape index (κ3) is 3.82. The maximum absolute atomic E-state index is 12.2. The number of aromatic nitrogens is 3. The van der Waals surface area contributed by atoms with Crippen molar-refractivity contribution >= 4 is 33.3 Å². The van der Waals surface area contributed by atoms with Crippen molar-refractivity contribution in [3.63, 3.8) is 0 Å². The van der Waals surface area contributed by atoms with Crippen molar-refractivity contribution in [1.29, 1.82) is 0 Å². The van der Waals surface area contributed by atoms with Gasteiger partial charge in [-0.25, -0.2) is 0 Å². The van der Waals surface area contributed by atoms with Gasteiger partial charge in [0.1, 0.15) is 5.01 Å². The molecule has 0 saturated heterocycles. The molecule has 126 valence electrons. The van der Waals surface area contributed by atoms with Gasteiger partial charge in [-0.3, -0.25) is 4.79 Å². The Labute approximate surface area is 145 Å². The number of hydrogen-bond acceptors (Lipinski definition) is 4. The van der Waals surface area contributed by atoms with Crippen molar-refractivity contribution in [3.05, 3.63) is 41.0 Å². The summed E-state index contributed by atoms with van der Waals surface area (Å²) in [5.41, 5.74) is 2.42. The smallest absolute Gasteiger partial charge is 0.227 e. The van der Waals surface area contributed by atoms with Gasteiger partial charge in [-0.2, -0.15) is 0 Å². The number of aryl methyl sites for hydroxylation is 2. The Morgan fingerprint density at radius 1 is 1.29 bits per heavy atom. The number of amides is 1. The summed E-state index contributed by atoms with van der Waals surface area (Å²) < 4.78 is 2.12. The van der Waals surface area contributed by atoms with Gasteiger partial charge in [-0.15, -0.1) is 10.2 Å². The van der Waals surface area contributed by atoms with Crippen LogP contribution in [0.1, 0.15) is 30.8 Å². The molecule has 0 aliphatic rings. The van der Waals surface area contributed by atoms with E-state index in [4.69, 9.17) is 0 Å². The average Bonchev–Trinajstić information content (AvgIpc) is 3.12. The van der Waals surface area contributed by atoms with Crippen molar-refractivity contribution in [2.75, 3.05) is 5.32 Å². The Balaban J connectivity index is 1.59. The number of carbonyl (C=O) groups excluding carboxylic acids is 1. The first-order valence-electron chi connectivity index (χ1n) is 8.19. The van der Waals surface area contributed by atoms with E-state index in [1.165, 1.54) is 22.3 Å². The van der Waals surface area contributed by atoms with E-state index in [0.717, 1.165) is 16.9 Å². The van der Waals surface area contributed by atoms with Crippen LogP contribution >= 0.6 is 11.3 Å². The molecule has 5 nitrogen and oxygen atoms in total. The van der Waals surface area contributed by atoms with Crippen LogP contribution < -0.4 is 5.32 Å². The lowest BCUT2D eigenvalue weighted by atomic mass is 10.1. The van der Waals surface area contributed by atoms with Crippen LogP contribution in [0.5, 0.6) is 0 Å². The van der Waals surface area contributed by atoms with Crippen molar-refractivity contribution < 1.29 is 4.79 Å². The van der Waals surface area contributed by atoms with E-state index >= 15 is 0 Å². The van der Waals surface area contributed by atoms with Gasteiger partial charge in [0.15, 0.2) is 0 Å². The van der Waals surface area contributed by atoms with E-state index in [1.807, 2.05) is 12.3 Å². The highest BCUT2D eigenvalue weighted by molar-refractivity contribution is 7.15. The number of anilines is 1. The SMILES string of the molecule is Cc1cccc2c1ccn2CCC(=O)Nc1nnc(CC(C)C)s1. The molecule has 0 saturated carbocycles. The Morgan fingerprint density at radius 2 is 2.12 bits per heavy atom. The molecule has 0 atom stereocenters. The molecule has 0 fully saturated rings. The fraction of sp³-hybridized carbons (Fsp3) is 0.389. The van der Waals surface area contributed by atoms with Gasteiger partial charge in [0.25, 0.3) is 0 Å². The summed E-state index contributed by atoms with van der Waals surface area (Å²) in [7, 11) is 0. The fourth-order valence-electron chi connectivity index (χ4n) is 2.71. The lowest BCUT2D eigenvalue weighted by Gasteiger charge is -2.06. The molecule has 0 unspecified atom stereocenters. The summed E-state index contributed by atoms with van der Waals surface area (Å²) in [6.07, 6.45) is 3.34. The number of fused-ring (bicyclic) bond motifs is 1.